The molecule has 11 aromatic rings. The molecule has 0 aromatic heterocycles. The molecule has 15 nitrogen and oxygen atoms in total. The quantitative estimate of drug-likeness (QED) is 0.0229. The summed E-state index contributed by atoms with van der Waals surface area (Å²) in [6.07, 6.45) is -8.59. The van der Waals surface area contributed by atoms with Crippen LogP contribution in [-0.2, 0) is 50.1 Å². The van der Waals surface area contributed by atoms with Crippen molar-refractivity contribution in [3.8, 4) is 84.4 Å². The zero-order valence-electron chi connectivity index (χ0n) is 85.4. The fourth-order valence-corrected chi connectivity index (χ4v) is 14.8. The Labute approximate surface area is 831 Å². The number of hydrogen-bond acceptors (Lipinski definition) is 13. The highest BCUT2D eigenvalue weighted by molar-refractivity contribution is 8.26. The second-order valence-electron chi connectivity index (χ2n) is 33.4. The smallest absolute Gasteiger partial charge is 0.416 e. The standard InChI is InChI=1S/C18H20ClFO.C18H19FO3.2C18H21FO2.C18H19FO2.C12H9F6NO2.C4H8O.CH3F.CH4.Cl2OS/c1-11(2)15-8-16(18(21-4)9-17(15)20)14-6-5-12(3)7-13(14)10-19;1-10(2)13-8-14(17(22-4)9-16(13)19)12-6-5-11(3)7-15(12)18(20)21;3*1-11(2)15-8-16(18(21-4)9-17(15)19)14-6-5-12(3)7-13(14)10-20;1-5-9(21-10(20)19-5)6-2-7(11(13,14)15)4-8(3-6)12(16,17)18;1-2-4-5-3-1;1-2;;1-4(2)3/h5-9,11H,10H2,1-4H3;5-10H,1-4H3,(H,20,21);2*5-9,11,20H,10H2,1-4H3;5-11H,1-4H3;2-5,9H,1H3,(H,19,20);1-4H2;1H3;1H4;/t;;;;;5-,9-;;;;/m.....0..../s1/i10D2;;10D2;;;;;1D;;. The van der Waals surface area contributed by atoms with E-state index in [1.54, 1.807) is 60.7 Å². The van der Waals surface area contributed by atoms with E-state index in [0.29, 0.717) is 113 Å². The average Bonchev–Trinajstić information content (AvgIpc) is 1.12. The van der Waals surface area contributed by atoms with Crippen LogP contribution < -0.4 is 29.0 Å². The highest BCUT2D eigenvalue weighted by Crippen LogP contribution is 2.45. The number of aliphatic hydroxyl groups excluding tert-OH is 1. The van der Waals surface area contributed by atoms with Crippen molar-refractivity contribution in [2.75, 3.05) is 55.9 Å². The Hall–Kier alpha value is -11.1. The van der Waals surface area contributed by atoms with Gasteiger partial charge in [-0.2, -0.15) is 26.3 Å². The number of hydrogen-bond donors (Lipinski definition) is 4. The predicted molar refractivity (Wildman–Crippen MR) is 532 cm³/mol. The number of aliphatic hydroxyl groups is 2. The number of nitrogens with one attached hydrogen (secondary N) is 1. The third-order valence-electron chi connectivity index (χ3n) is 21.7. The molecular formula is C108H124Cl3F12NO14S. The summed E-state index contributed by atoms with van der Waals surface area (Å²) < 4.78 is 239. The lowest BCUT2D eigenvalue weighted by Crippen LogP contribution is -2.24. The summed E-state index contributed by atoms with van der Waals surface area (Å²) >= 11 is 5.93. The fraction of sp³-hybridized carbons (Fsp3) is 0.361. The van der Waals surface area contributed by atoms with E-state index >= 15 is 0 Å². The van der Waals surface area contributed by atoms with Crippen LogP contribution in [0.1, 0.15) is 249 Å². The average molecular weight is 2030 g/mol. The van der Waals surface area contributed by atoms with Gasteiger partial charge < -0.3 is 53.8 Å². The number of carboxylic acid groups (broad SMARTS) is 1. The number of amides is 1. The molecule has 0 aliphatic carbocycles. The molecule has 11 aromatic carbocycles. The van der Waals surface area contributed by atoms with Crippen molar-refractivity contribution in [3.05, 3.63) is 299 Å². The van der Waals surface area contributed by atoms with Gasteiger partial charge in [-0.05, 0) is 223 Å². The van der Waals surface area contributed by atoms with Crippen LogP contribution >= 0.6 is 33.0 Å². The van der Waals surface area contributed by atoms with Gasteiger partial charge in [-0.1, -0.05) is 183 Å². The minimum absolute atomic E-state index is 0. The first kappa shape index (κ1) is 112. The number of aldehydes is 1. The summed E-state index contributed by atoms with van der Waals surface area (Å²) in [5.74, 6) is -2.62. The third kappa shape index (κ3) is 34.1. The molecular weight excluding hydrogens is 1900 g/mol. The van der Waals surface area contributed by atoms with Crippen LogP contribution in [-0.4, -0.2) is 99.8 Å². The molecule has 756 valence electrons. The molecule has 0 bridgehead atoms. The van der Waals surface area contributed by atoms with Crippen LogP contribution in [0.3, 0.4) is 0 Å². The summed E-state index contributed by atoms with van der Waals surface area (Å²) in [5.41, 5.74) is 12.9. The van der Waals surface area contributed by atoms with Crippen LogP contribution in [0.5, 0.6) is 28.7 Å². The van der Waals surface area contributed by atoms with E-state index in [1.165, 1.54) is 85.6 Å². The SMILES string of the molecule is C.C1CCOC1.COc1cc(F)c(C(C)C)cc1-c1ccc(C)cc1C(=O)O.COc1cc(F)c(C(C)C)cc1-c1ccc(C)cc1C=O.COc1cc(F)c(C(C)C)cc1-c1ccc(C)cc1CO.C[C@@H]1NC(=O)O[C@@H]1c1cc(C(F)(F)F)cc(C(F)(F)F)c1.O=S(Cl)Cl.[2H]C([2H])(Cl)c1cc(C)ccc1-c1cc(C(C)C)c(F)cc1OC.[2H]C([2H])(O)c1cc(C)ccc1-c1cc(C(C)C)c(F)cc1OC.[2H]CF. The number of benzene rings is 11. The summed E-state index contributed by atoms with van der Waals surface area (Å²) in [6, 6.07) is 43.0. The maximum atomic E-state index is 14.2. The van der Waals surface area contributed by atoms with Gasteiger partial charge in [0.05, 0.1) is 82.7 Å². The lowest BCUT2D eigenvalue weighted by molar-refractivity contribution is -0.143. The maximum Gasteiger partial charge on any atom is 0.416 e. The van der Waals surface area contributed by atoms with Gasteiger partial charge in [0.15, 0.2) is 6.29 Å². The first-order chi connectivity index (χ1) is 66.7. The molecule has 13 rings (SSSR count). The Kier molecular flexibility index (Phi) is 45.2. The number of methoxy groups -OCH3 is 5. The molecule has 2 aliphatic rings. The fourth-order valence-electron chi connectivity index (χ4n) is 14.7. The van der Waals surface area contributed by atoms with Gasteiger partial charge in [0.1, 0.15) is 63.9 Å². The van der Waals surface area contributed by atoms with E-state index in [2.05, 4.69) is 26.7 Å². The molecule has 0 radical (unpaired) electrons. The lowest BCUT2D eigenvalue weighted by Gasteiger charge is -2.18. The lowest BCUT2D eigenvalue weighted by atomic mass is 9.92. The highest BCUT2D eigenvalue weighted by Gasteiger charge is 2.41. The van der Waals surface area contributed by atoms with Crippen molar-refractivity contribution in [2.45, 2.75) is 204 Å². The number of aryl methyl sites for hydroxylation is 5. The number of carbonyl (C=O) groups is 3. The van der Waals surface area contributed by atoms with E-state index < -0.39 is 76.5 Å². The molecule has 1 amide bonds. The molecule has 4 N–H and O–H groups in total. The van der Waals surface area contributed by atoms with Gasteiger partial charge in [0.25, 0.3) is 0 Å². The Bertz CT molecular complexity index is 6010. The van der Waals surface area contributed by atoms with Crippen molar-refractivity contribution >= 4 is 60.5 Å². The van der Waals surface area contributed by atoms with E-state index in [-0.39, 0.29) is 95.5 Å². The van der Waals surface area contributed by atoms with E-state index in [0.717, 1.165) is 75.1 Å². The van der Waals surface area contributed by atoms with Crippen LogP contribution in [0.4, 0.5) is 57.5 Å². The van der Waals surface area contributed by atoms with Gasteiger partial charge in [0.2, 0.25) is 9.23 Å². The van der Waals surface area contributed by atoms with Gasteiger partial charge in [-0.3, -0.25) is 9.18 Å². The van der Waals surface area contributed by atoms with Crippen LogP contribution in [0, 0.1) is 63.7 Å². The second kappa shape index (κ2) is 56.4. The minimum atomic E-state index is -4.94. The predicted octanol–water partition coefficient (Wildman–Crippen LogP) is 30.9. The Morgan fingerprint density at radius 2 is 0.770 bits per heavy atom. The largest absolute Gasteiger partial charge is 0.496 e. The Morgan fingerprint density at radius 3 is 1.04 bits per heavy atom. The first-order valence-corrected chi connectivity index (χ1v) is 46.5. The molecule has 2 atom stereocenters. The number of aromatic carboxylic acids is 1. The van der Waals surface area contributed by atoms with Gasteiger partial charge in [-0.15, -0.1) is 11.6 Å². The monoisotopic (exact) mass is 2030 g/mol. The summed E-state index contributed by atoms with van der Waals surface area (Å²) in [4.78, 5) is 33.9. The van der Waals surface area contributed by atoms with E-state index in [9.17, 15) is 82.4 Å². The molecule has 2 saturated heterocycles. The topological polar surface area (TPSA) is 206 Å². The molecule has 2 aliphatic heterocycles. The second-order valence-corrected chi connectivity index (χ2v) is 36.1. The summed E-state index contributed by atoms with van der Waals surface area (Å²) in [5, 5.41) is 31.1. The number of carboxylic acids is 1. The summed E-state index contributed by atoms with van der Waals surface area (Å²) in [6.45, 7) is 29.4. The maximum absolute atomic E-state index is 14.2. The van der Waals surface area contributed by atoms with Gasteiger partial charge in [0, 0.05) is 107 Å². The molecule has 2 heterocycles. The van der Waals surface area contributed by atoms with E-state index in [1.807, 2.05) is 165 Å². The molecule has 0 saturated carbocycles. The van der Waals surface area contributed by atoms with Crippen molar-refractivity contribution < 1.29 is 127 Å². The van der Waals surface area contributed by atoms with Gasteiger partial charge in [-0.25, -0.2) is 35.8 Å². The van der Waals surface area contributed by atoms with Crippen LogP contribution in [0.15, 0.2) is 170 Å². The number of cyclic esters (lactones) is 1. The number of halogens is 15. The minimum Gasteiger partial charge on any atom is -0.496 e. The Morgan fingerprint density at radius 1 is 0.482 bits per heavy atom. The number of alkyl halides is 8. The van der Waals surface area contributed by atoms with Crippen LogP contribution in [0.25, 0.3) is 55.6 Å². The molecule has 0 spiro atoms. The van der Waals surface area contributed by atoms with Crippen molar-refractivity contribution in [3.63, 3.8) is 0 Å². The highest BCUT2D eigenvalue weighted by atomic mass is 36.0. The number of rotatable bonds is 21. The van der Waals surface area contributed by atoms with Crippen molar-refractivity contribution in [2.24, 2.45) is 0 Å². The number of ether oxygens (including phenoxy) is 7. The van der Waals surface area contributed by atoms with Crippen molar-refractivity contribution in [1.82, 2.24) is 5.32 Å². The molecule has 139 heavy (non-hydrogen) atoms. The third-order valence-corrected chi connectivity index (χ3v) is 21.9. The van der Waals surface area contributed by atoms with E-state index in [4.69, 9.17) is 55.8 Å². The van der Waals surface area contributed by atoms with Crippen LogP contribution in [0.2, 0.25) is 0 Å². The number of alkyl carbamates (subject to hydrolysis) is 1. The summed E-state index contributed by atoms with van der Waals surface area (Å²) in [7, 11) is 13.7. The molecule has 31 heteroatoms. The zero-order chi connectivity index (χ0) is 108. The first-order valence-electron chi connectivity index (χ1n) is 46.0. The van der Waals surface area contributed by atoms with Gasteiger partial charge >= 0.3 is 24.4 Å². The zero-order valence-corrected chi connectivity index (χ0v) is 83.5. The number of carbonyl (C=O) groups excluding carboxylic acids is 2. The van der Waals surface area contributed by atoms with Crippen molar-refractivity contribution in [1.29, 1.82) is 0 Å². The molecule has 2 fully saturated rings. The molecule has 0 unspecified atom stereocenters. The normalized spacial score (nSPS) is 13.7. The Balaban J connectivity index is 0.000000351.